The maximum absolute atomic E-state index is 5.51. The fraction of sp³-hybridized carbons (Fsp3) is 0.455. The SMILES string of the molecule is CCOc1ccc(NC(C)CN)cc1. The van der Waals surface area contributed by atoms with Gasteiger partial charge in [-0.2, -0.15) is 0 Å². The topological polar surface area (TPSA) is 47.3 Å². The van der Waals surface area contributed by atoms with Crippen molar-refractivity contribution < 1.29 is 4.74 Å². The first-order valence-corrected chi connectivity index (χ1v) is 4.95. The maximum Gasteiger partial charge on any atom is 0.119 e. The van der Waals surface area contributed by atoms with Gasteiger partial charge in [0, 0.05) is 18.3 Å². The molecule has 0 saturated carbocycles. The molecule has 14 heavy (non-hydrogen) atoms. The largest absolute Gasteiger partial charge is 0.494 e. The van der Waals surface area contributed by atoms with E-state index in [0.29, 0.717) is 19.2 Å². The van der Waals surface area contributed by atoms with E-state index in [9.17, 15) is 0 Å². The molecule has 0 aliphatic carbocycles. The second-order valence-corrected chi connectivity index (χ2v) is 3.24. The molecule has 1 rings (SSSR count). The highest BCUT2D eigenvalue weighted by molar-refractivity contribution is 5.46. The van der Waals surface area contributed by atoms with Crippen molar-refractivity contribution in [3.63, 3.8) is 0 Å². The Labute approximate surface area is 85.3 Å². The Bertz CT molecular complexity index is 258. The van der Waals surface area contributed by atoms with Crippen LogP contribution in [0, 0.1) is 0 Å². The van der Waals surface area contributed by atoms with Gasteiger partial charge in [-0.15, -0.1) is 0 Å². The predicted octanol–water partition coefficient (Wildman–Crippen LogP) is 1.84. The van der Waals surface area contributed by atoms with E-state index in [0.717, 1.165) is 11.4 Å². The molecule has 3 nitrogen and oxygen atoms in total. The number of hydrogen-bond acceptors (Lipinski definition) is 3. The van der Waals surface area contributed by atoms with Gasteiger partial charge in [0.05, 0.1) is 6.61 Å². The van der Waals surface area contributed by atoms with Gasteiger partial charge in [-0.05, 0) is 38.1 Å². The second kappa shape index (κ2) is 5.50. The summed E-state index contributed by atoms with van der Waals surface area (Å²) >= 11 is 0. The van der Waals surface area contributed by atoms with E-state index < -0.39 is 0 Å². The highest BCUT2D eigenvalue weighted by Crippen LogP contribution is 2.15. The third-order valence-corrected chi connectivity index (χ3v) is 1.93. The molecule has 0 saturated heterocycles. The van der Waals surface area contributed by atoms with Crippen molar-refractivity contribution in [1.82, 2.24) is 0 Å². The summed E-state index contributed by atoms with van der Waals surface area (Å²) in [5, 5.41) is 3.28. The first-order chi connectivity index (χ1) is 6.76. The lowest BCUT2D eigenvalue weighted by Gasteiger charge is -2.13. The van der Waals surface area contributed by atoms with Gasteiger partial charge in [0.1, 0.15) is 5.75 Å². The van der Waals surface area contributed by atoms with E-state index in [4.69, 9.17) is 10.5 Å². The molecule has 1 aromatic rings. The van der Waals surface area contributed by atoms with Crippen LogP contribution in [0.2, 0.25) is 0 Å². The van der Waals surface area contributed by atoms with Gasteiger partial charge in [-0.3, -0.25) is 0 Å². The molecule has 3 N–H and O–H groups in total. The van der Waals surface area contributed by atoms with E-state index in [1.54, 1.807) is 0 Å². The lowest BCUT2D eigenvalue weighted by Crippen LogP contribution is -2.24. The molecule has 3 heteroatoms. The Morgan fingerprint density at radius 1 is 1.36 bits per heavy atom. The monoisotopic (exact) mass is 194 g/mol. The van der Waals surface area contributed by atoms with E-state index in [-0.39, 0.29) is 0 Å². The van der Waals surface area contributed by atoms with Crippen LogP contribution >= 0.6 is 0 Å². The summed E-state index contributed by atoms with van der Waals surface area (Å²) < 4.78 is 5.34. The highest BCUT2D eigenvalue weighted by Gasteiger charge is 1.98. The summed E-state index contributed by atoms with van der Waals surface area (Å²) in [4.78, 5) is 0. The third kappa shape index (κ3) is 3.26. The number of ether oxygens (including phenoxy) is 1. The van der Waals surface area contributed by atoms with Gasteiger partial charge < -0.3 is 15.8 Å². The molecule has 0 amide bonds. The first kappa shape index (κ1) is 10.9. The summed E-state index contributed by atoms with van der Waals surface area (Å²) in [5.74, 6) is 0.901. The number of nitrogens with one attached hydrogen (secondary N) is 1. The number of rotatable bonds is 5. The lowest BCUT2D eigenvalue weighted by molar-refractivity contribution is 0.340. The number of hydrogen-bond donors (Lipinski definition) is 2. The fourth-order valence-corrected chi connectivity index (χ4v) is 1.16. The van der Waals surface area contributed by atoms with Crippen molar-refractivity contribution in [3.8, 4) is 5.75 Å². The zero-order chi connectivity index (χ0) is 10.4. The lowest BCUT2D eigenvalue weighted by atomic mass is 10.2. The summed E-state index contributed by atoms with van der Waals surface area (Å²) in [6, 6.07) is 8.20. The fourth-order valence-electron chi connectivity index (χ4n) is 1.16. The molecule has 1 atom stereocenters. The molecular formula is C11H18N2O. The third-order valence-electron chi connectivity index (χ3n) is 1.93. The van der Waals surface area contributed by atoms with Crippen LogP contribution in [0.5, 0.6) is 5.75 Å². The number of benzene rings is 1. The Balaban J connectivity index is 2.54. The maximum atomic E-state index is 5.51. The predicted molar refractivity (Wildman–Crippen MR) is 59.8 cm³/mol. The van der Waals surface area contributed by atoms with Crippen LogP contribution < -0.4 is 15.8 Å². The number of anilines is 1. The van der Waals surface area contributed by atoms with E-state index in [1.165, 1.54) is 0 Å². The van der Waals surface area contributed by atoms with Crippen LogP contribution in [0.4, 0.5) is 5.69 Å². The van der Waals surface area contributed by atoms with Gasteiger partial charge in [0.25, 0.3) is 0 Å². The quantitative estimate of drug-likeness (QED) is 0.752. The molecule has 78 valence electrons. The summed E-state index contributed by atoms with van der Waals surface area (Å²) in [6.45, 7) is 5.36. The van der Waals surface area contributed by atoms with Gasteiger partial charge in [0.2, 0.25) is 0 Å². The highest BCUT2D eigenvalue weighted by atomic mass is 16.5. The van der Waals surface area contributed by atoms with Crippen molar-refractivity contribution >= 4 is 5.69 Å². The molecule has 0 bridgehead atoms. The Kier molecular flexibility index (Phi) is 4.26. The van der Waals surface area contributed by atoms with E-state index >= 15 is 0 Å². The second-order valence-electron chi connectivity index (χ2n) is 3.24. The van der Waals surface area contributed by atoms with Crippen LogP contribution in [0.25, 0.3) is 0 Å². The van der Waals surface area contributed by atoms with Gasteiger partial charge in [-0.1, -0.05) is 0 Å². The van der Waals surface area contributed by atoms with Crippen LogP contribution in [-0.2, 0) is 0 Å². The first-order valence-electron chi connectivity index (χ1n) is 4.95. The average Bonchev–Trinajstić information content (AvgIpc) is 2.21. The Morgan fingerprint density at radius 2 is 2.00 bits per heavy atom. The van der Waals surface area contributed by atoms with Gasteiger partial charge in [0.15, 0.2) is 0 Å². The molecule has 1 aromatic carbocycles. The minimum Gasteiger partial charge on any atom is -0.494 e. The smallest absolute Gasteiger partial charge is 0.119 e. The summed E-state index contributed by atoms with van der Waals surface area (Å²) in [5.41, 5.74) is 6.59. The summed E-state index contributed by atoms with van der Waals surface area (Å²) in [6.07, 6.45) is 0. The van der Waals surface area contributed by atoms with Crippen molar-refractivity contribution in [1.29, 1.82) is 0 Å². The minimum atomic E-state index is 0.299. The normalized spacial score (nSPS) is 12.2. The van der Waals surface area contributed by atoms with Crippen molar-refractivity contribution in [2.24, 2.45) is 5.73 Å². The zero-order valence-electron chi connectivity index (χ0n) is 8.79. The van der Waals surface area contributed by atoms with E-state index in [2.05, 4.69) is 12.2 Å². The van der Waals surface area contributed by atoms with Gasteiger partial charge >= 0.3 is 0 Å². The van der Waals surface area contributed by atoms with Crippen LogP contribution in [0.1, 0.15) is 13.8 Å². The van der Waals surface area contributed by atoms with Crippen LogP contribution in [0.15, 0.2) is 24.3 Å². The van der Waals surface area contributed by atoms with Crippen molar-refractivity contribution in [3.05, 3.63) is 24.3 Å². The van der Waals surface area contributed by atoms with E-state index in [1.807, 2.05) is 31.2 Å². The van der Waals surface area contributed by atoms with Crippen molar-refractivity contribution in [2.75, 3.05) is 18.5 Å². The molecule has 0 radical (unpaired) electrons. The Morgan fingerprint density at radius 3 is 2.50 bits per heavy atom. The molecule has 1 unspecified atom stereocenters. The molecule has 0 fully saturated rings. The zero-order valence-corrected chi connectivity index (χ0v) is 8.79. The van der Waals surface area contributed by atoms with Crippen LogP contribution in [-0.4, -0.2) is 19.2 Å². The molecule has 0 aromatic heterocycles. The van der Waals surface area contributed by atoms with Crippen molar-refractivity contribution in [2.45, 2.75) is 19.9 Å². The Hall–Kier alpha value is -1.22. The molecule has 0 heterocycles. The molecule has 0 aliphatic heterocycles. The van der Waals surface area contributed by atoms with Crippen LogP contribution in [0.3, 0.4) is 0 Å². The standard InChI is InChI=1S/C11H18N2O/c1-3-14-11-6-4-10(5-7-11)13-9(2)8-12/h4-7,9,13H,3,8,12H2,1-2H3. The molecule has 0 aliphatic rings. The van der Waals surface area contributed by atoms with Gasteiger partial charge in [-0.25, -0.2) is 0 Å². The summed E-state index contributed by atoms with van der Waals surface area (Å²) in [7, 11) is 0. The number of nitrogens with two attached hydrogens (primary N) is 1. The molecular weight excluding hydrogens is 176 g/mol. The molecule has 0 spiro atoms. The average molecular weight is 194 g/mol. The minimum absolute atomic E-state index is 0.299.